The summed E-state index contributed by atoms with van der Waals surface area (Å²) in [6.07, 6.45) is 0.960. The molecule has 1 heterocycles. The van der Waals surface area contributed by atoms with Gasteiger partial charge in [0.1, 0.15) is 11.5 Å². The second-order valence-electron chi connectivity index (χ2n) is 4.15. The Morgan fingerprint density at radius 1 is 1.50 bits per heavy atom. The molecule has 1 aromatic rings. The van der Waals surface area contributed by atoms with Crippen LogP contribution in [0.15, 0.2) is 16.5 Å². The SMILES string of the molecule is CCOCCCNC(=S)N(C)Cc1ccc(C)o1. The monoisotopic (exact) mass is 270 g/mol. The molecular formula is C13H22N2O2S. The minimum Gasteiger partial charge on any atom is -0.464 e. The Labute approximate surface area is 114 Å². The van der Waals surface area contributed by atoms with E-state index in [2.05, 4.69) is 5.32 Å². The van der Waals surface area contributed by atoms with E-state index in [0.717, 1.165) is 42.8 Å². The smallest absolute Gasteiger partial charge is 0.169 e. The van der Waals surface area contributed by atoms with E-state index in [1.807, 2.05) is 37.9 Å². The lowest BCUT2D eigenvalue weighted by molar-refractivity contribution is 0.145. The average Bonchev–Trinajstić information content (AvgIpc) is 2.74. The third kappa shape index (κ3) is 5.51. The predicted molar refractivity (Wildman–Crippen MR) is 76.6 cm³/mol. The molecule has 0 aliphatic carbocycles. The first-order valence-corrected chi connectivity index (χ1v) is 6.66. The quantitative estimate of drug-likeness (QED) is 0.608. The van der Waals surface area contributed by atoms with Crippen LogP contribution in [0.2, 0.25) is 0 Å². The van der Waals surface area contributed by atoms with Gasteiger partial charge in [-0.25, -0.2) is 0 Å². The molecule has 0 unspecified atom stereocenters. The van der Waals surface area contributed by atoms with Crippen molar-refractivity contribution in [1.29, 1.82) is 0 Å². The Balaban J connectivity index is 2.20. The maximum atomic E-state index is 5.51. The normalized spacial score (nSPS) is 10.4. The minimum absolute atomic E-state index is 0.686. The van der Waals surface area contributed by atoms with Crippen LogP contribution in [-0.2, 0) is 11.3 Å². The standard InChI is InChI=1S/C13H22N2O2S/c1-4-16-9-5-8-14-13(18)15(3)10-12-7-6-11(2)17-12/h6-7H,4-5,8-10H2,1-3H3,(H,14,18). The fourth-order valence-corrected chi connectivity index (χ4v) is 1.69. The van der Waals surface area contributed by atoms with Gasteiger partial charge in [0.2, 0.25) is 0 Å². The molecule has 0 spiro atoms. The number of hydrogen-bond donors (Lipinski definition) is 1. The van der Waals surface area contributed by atoms with Crippen molar-refractivity contribution in [1.82, 2.24) is 10.2 Å². The summed E-state index contributed by atoms with van der Waals surface area (Å²) < 4.78 is 10.8. The van der Waals surface area contributed by atoms with E-state index >= 15 is 0 Å². The van der Waals surface area contributed by atoms with Crippen LogP contribution in [0.1, 0.15) is 24.9 Å². The Morgan fingerprint density at radius 3 is 2.89 bits per heavy atom. The first-order chi connectivity index (χ1) is 8.63. The number of thiocarbonyl (C=S) groups is 1. The fraction of sp³-hybridized carbons (Fsp3) is 0.615. The van der Waals surface area contributed by atoms with Crippen LogP contribution in [-0.4, -0.2) is 36.8 Å². The van der Waals surface area contributed by atoms with Gasteiger partial charge < -0.3 is 19.4 Å². The first-order valence-electron chi connectivity index (χ1n) is 6.25. The van der Waals surface area contributed by atoms with Crippen molar-refractivity contribution in [2.75, 3.05) is 26.8 Å². The van der Waals surface area contributed by atoms with Gasteiger partial charge in [0, 0.05) is 26.8 Å². The summed E-state index contributed by atoms with van der Waals surface area (Å²) in [5, 5.41) is 3.94. The molecule has 18 heavy (non-hydrogen) atoms. The van der Waals surface area contributed by atoms with E-state index in [4.69, 9.17) is 21.4 Å². The highest BCUT2D eigenvalue weighted by atomic mass is 32.1. The van der Waals surface area contributed by atoms with Crippen LogP contribution in [0.5, 0.6) is 0 Å². The van der Waals surface area contributed by atoms with E-state index < -0.39 is 0 Å². The number of nitrogens with zero attached hydrogens (tertiary/aromatic N) is 1. The Hall–Kier alpha value is -1.07. The largest absolute Gasteiger partial charge is 0.464 e. The van der Waals surface area contributed by atoms with Gasteiger partial charge in [0.05, 0.1) is 6.54 Å². The maximum absolute atomic E-state index is 5.51. The summed E-state index contributed by atoms with van der Waals surface area (Å²) in [6.45, 7) is 6.99. The predicted octanol–water partition coefficient (Wildman–Crippen LogP) is 2.32. The molecule has 0 amide bonds. The molecule has 4 nitrogen and oxygen atoms in total. The second-order valence-corrected chi connectivity index (χ2v) is 4.54. The zero-order valence-electron chi connectivity index (χ0n) is 11.4. The van der Waals surface area contributed by atoms with Crippen molar-refractivity contribution in [3.63, 3.8) is 0 Å². The number of hydrogen-bond acceptors (Lipinski definition) is 3. The highest BCUT2D eigenvalue weighted by Gasteiger charge is 2.06. The minimum atomic E-state index is 0.686. The van der Waals surface area contributed by atoms with Gasteiger partial charge in [-0.15, -0.1) is 0 Å². The summed E-state index contributed by atoms with van der Waals surface area (Å²) in [4.78, 5) is 1.97. The van der Waals surface area contributed by atoms with Crippen LogP contribution >= 0.6 is 12.2 Å². The molecule has 0 aliphatic rings. The molecular weight excluding hydrogens is 248 g/mol. The molecule has 5 heteroatoms. The van der Waals surface area contributed by atoms with Crippen LogP contribution in [0.4, 0.5) is 0 Å². The molecule has 0 saturated heterocycles. The summed E-state index contributed by atoms with van der Waals surface area (Å²) in [6, 6.07) is 3.94. The number of ether oxygens (including phenoxy) is 1. The summed E-state index contributed by atoms with van der Waals surface area (Å²) >= 11 is 5.29. The number of furan rings is 1. The molecule has 0 bridgehead atoms. The number of nitrogens with one attached hydrogen (secondary N) is 1. The van der Waals surface area contributed by atoms with Crippen LogP contribution in [0, 0.1) is 6.92 Å². The van der Waals surface area contributed by atoms with Crippen molar-refractivity contribution in [2.45, 2.75) is 26.8 Å². The zero-order chi connectivity index (χ0) is 13.4. The molecule has 1 rings (SSSR count). The highest BCUT2D eigenvalue weighted by Crippen LogP contribution is 2.08. The molecule has 0 aliphatic heterocycles. The second kappa shape index (κ2) is 8.11. The molecule has 0 atom stereocenters. The van der Waals surface area contributed by atoms with Crippen molar-refractivity contribution in [2.24, 2.45) is 0 Å². The molecule has 102 valence electrons. The number of aryl methyl sites for hydroxylation is 1. The lowest BCUT2D eigenvalue weighted by Crippen LogP contribution is -2.37. The average molecular weight is 270 g/mol. The first kappa shape index (κ1) is 15.0. The molecule has 0 saturated carbocycles. The Morgan fingerprint density at radius 2 is 2.28 bits per heavy atom. The van der Waals surface area contributed by atoms with Gasteiger partial charge in [0.15, 0.2) is 5.11 Å². The van der Waals surface area contributed by atoms with Gasteiger partial charge in [-0.1, -0.05) is 0 Å². The van der Waals surface area contributed by atoms with E-state index in [1.165, 1.54) is 0 Å². The van der Waals surface area contributed by atoms with Gasteiger partial charge in [-0.05, 0) is 44.6 Å². The van der Waals surface area contributed by atoms with Crippen LogP contribution in [0.25, 0.3) is 0 Å². The third-order valence-corrected chi connectivity index (χ3v) is 2.94. The maximum Gasteiger partial charge on any atom is 0.169 e. The van der Waals surface area contributed by atoms with Crippen molar-refractivity contribution in [3.8, 4) is 0 Å². The summed E-state index contributed by atoms with van der Waals surface area (Å²) in [5.41, 5.74) is 0. The van der Waals surface area contributed by atoms with Gasteiger partial charge in [-0.3, -0.25) is 0 Å². The van der Waals surface area contributed by atoms with Crippen LogP contribution in [0.3, 0.4) is 0 Å². The third-order valence-electron chi connectivity index (χ3n) is 2.48. The van der Waals surface area contributed by atoms with Crippen molar-refractivity contribution < 1.29 is 9.15 Å². The van der Waals surface area contributed by atoms with Crippen LogP contribution < -0.4 is 5.32 Å². The Bertz CT molecular complexity index is 366. The van der Waals surface area contributed by atoms with Crippen molar-refractivity contribution >= 4 is 17.3 Å². The summed E-state index contributed by atoms with van der Waals surface area (Å²) in [5.74, 6) is 1.85. The van der Waals surface area contributed by atoms with E-state index in [0.29, 0.717) is 6.54 Å². The topological polar surface area (TPSA) is 37.6 Å². The molecule has 1 N–H and O–H groups in total. The van der Waals surface area contributed by atoms with E-state index in [1.54, 1.807) is 0 Å². The molecule has 0 aromatic carbocycles. The highest BCUT2D eigenvalue weighted by molar-refractivity contribution is 7.80. The van der Waals surface area contributed by atoms with Gasteiger partial charge in [-0.2, -0.15) is 0 Å². The zero-order valence-corrected chi connectivity index (χ0v) is 12.2. The molecule has 0 fully saturated rings. The van der Waals surface area contributed by atoms with Crippen molar-refractivity contribution in [3.05, 3.63) is 23.7 Å². The Kier molecular flexibility index (Phi) is 6.75. The molecule has 0 radical (unpaired) electrons. The fourth-order valence-electron chi connectivity index (χ4n) is 1.52. The lowest BCUT2D eigenvalue weighted by Gasteiger charge is -2.19. The summed E-state index contributed by atoms with van der Waals surface area (Å²) in [7, 11) is 1.95. The lowest BCUT2D eigenvalue weighted by atomic mass is 10.4. The molecule has 1 aromatic heterocycles. The van der Waals surface area contributed by atoms with Gasteiger partial charge >= 0.3 is 0 Å². The number of rotatable bonds is 7. The van der Waals surface area contributed by atoms with Gasteiger partial charge in [0.25, 0.3) is 0 Å². The van der Waals surface area contributed by atoms with E-state index in [-0.39, 0.29) is 0 Å². The van der Waals surface area contributed by atoms with E-state index in [9.17, 15) is 0 Å².